The topological polar surface area (TPSA) is 26.6 Å². The summed E-state index contributed by atoms with van der Waals surface area (Å²) in [5, 5.41) is 3.85. The predicted octanol–water partition coefficient (Wildman–Crippen LogP) is 19.7. The number of nitrogens with zero attached hydrogens (tertiary/aromatic N) is 2. The molecule has 13 aromatic rings. The van der Waals surface area contributed by atoms with E-state index in [0.717, 1.165) is 57.2 Å². The van der Waals surface area contributed by atoms with Gasteiger partial charge >= 0.3 is 0 Å². The van der Waals surface area contributed by atoms with E-state index in [2.05, 4.69) is 264 Å². The van der Waals surface area contributed by atoms with Crippen LogP contribution in [0.15, 0.2) is 255 Å². The van der Waals surface area contributed by atoms with Gasteiger partial charge in [-0.15, -0.1) is 11.3 Å². The molecule has 0 saturated carbocycles. The Labute approximate surface area is 455 Å². The Morgan fingerprint density at radius 2 is 1.05 bits per heavy atom. The highest BCUT2D eigenvalue weighted by Gasteiger charge is 2.53. The van der Waals surface area contributed by atoms with Crippen LogP contribution >= 0.6 is 11.3 Å². The fourth-order valence-corrected chi connectivity index (χ4v) is 14.9. The third kappa shape index (κ3) is 6.16. The van der Waals surface area contributed by atoms with E-state index >= 15 is 0 Å². The first-order chi connectivity index (χ1) is 38.7. The van der Waals surface area contributed by atoms with Gasteiger partial charge in [-0.3, -0.25) is 0 Å². The van der Waals surface area contributed by atoms with E-state index in [-0.39, 0.29) is 5.92 Å². The van der Waals surface area contributed by atoms with E-state index in [1.165, 1.54) is 81.3 Å². The van der Waals surface area contributed by atoms with Crippen molar-refractivity contribution in [3.05, 3.63) is 293 Å². The number of thiophene rings is 1. The van der Waals surface area contributed by atoms with E-state index in [9.17, 15) is 0 Å². The summed E-state index contributed by atoms with van der Waals surface area (Å²) in [4.78, 5) is 3.78. The number of allylic oxidation sites excluding steroid dienone is 1. The molecule has 0 radical (unpaired) electrons. The lowest BCUT2D eigenvalue weighted by Gasteiger charge is -2.31. The third-order valence-corrected chi connectivity index (χ3v) is 18.2. The van der Waals surface area contributed by atoms with Crippen LogP contribution in [0.2, 0.25) is 0 Å². The molecular weight excluding hydrogens is 969 g/mol. The van der Waals surface area contributed by atoms with Gasteiger partial charge in [-0.25, -0.2) is 0 Å². The minimum atomic E-state index is -0.498. The summed E-state index contributed by atoms with van der Waals surface area (Å²) in [6.07, 6.45) is 5.72. The molecule has 11 aromatic carbocycles. The average Bonchev–Trinajstić information content (AvgIpc) is 4.32. The lowest BCUT2D eigenvalue weighted by Crippen LogP contribution is -2.25. The molecule has 3 heterocycles. The molecule has 4 nitrogen and oxygen atoms in total. The molecule has 0 fully saturated rings. The number of para-hydroxylation sites is 3. The molecule has 1 spiro atoms. The van der Waals surface area contributed by atoms with Crippen LogP contribution in [0.1, 0.15) is 44.2 Å². The fourth-order valence-electron chi connectivity index (χ4n) is 13.7. The Hall–Kier alpha value is -9.68. The molecule has 0 bridgehead atoms. The molecule has 1 aliphatic heterocycles. The van der Waals surface area contributed by atoms with Crippen molar-refractivity contribution < 1.29 is 9.47 Å². The van der Waals surface area contributed by atoms with E-state index in [0.29, 0.717) is 17.2 Å². The minimum absolute atomic E-state index is 0.279. The normalized spacial score (nSPS) is 14.7. The lowest BCUT2D eigenvalue weighted by molar-refractivity contribution is 0.361. The summed E-state index contributed by atoms with van der Waals surface area (Å²) in [6.45, 7) is 0. The summed E-state index contributed by atoms with van der Waals surface area (Å²) >= 11 is 1.90. The van der Waals surface area contributed by atoms with Crippen LogP contribution in [0.25, 0.3) is 77.0 Å². The molecule has 0 N–H and O–H groups in total. The minimum Gasteiger partial charge on any atom is -0.449 e. The van der Waals surface area contributed by atoms with Crippen molar-refractivity contribution in [2.24, 2.45) is 0 Å². The summed E-state index contributed by atoms with van der Waals surface area (Å²) in [7, 11) is 0. The molecule has 17 rings (SSSR count). The Balaban J connectivity index is 0.792. The van der Waals surface area contributed by atoms with Crippen LogP contribution < -0.4 is 14.4 Å². The number of anilines is 3. The van der Waals surface area contributed by atoms with Gasteiger partial charge in [0.25, 0.3) is 0 Å². The summed E-state index contributed by atoms with van der Waals surface area (Å²) in [5.41, 5.74) is 20.7. The maximum atomic E-state index is 7.40. The molecule has 3 aliphatic carbocycles. The second-order valence-electron chi connectivity index (χ2n) is 21.0. The van der Waals surface area contributed by atoms with Crippen LogP contribution in [0, 0.1) is 0 Å². The van der Waals surface area contributed by atoms with Gasteiger partial charge in [0.15, 0.2) is 23.0 Å². The van der Waals surface area contributed by atoms with E-state index in [4.69, 9.17) is 9.47 Å². The summed E-state index contributed by atoms with van der Waals surface area (Å²) < 4.78 is 18.1. The highest BCUT2D eigenvalue weighted by atomic mass is 32.1. The van der Waals surface area contributed by atoms with Crippen LogP contribution in [0.4, 0.5) is 17.1 Å². The van der Waals surface area contributed by atoms with Crippen LogP contribution in [0.3, 0.4) is 0 Å². The first-order valence-corrected chi connectivity index (χ1v) is 27.7. The van der Waals surface area contributed by atoms with Crippen molar-refractivity contribution >= 4 is 66.4 Å². The lowest BCUT2D eigenvalue weighted by atomic mass is 9.70. The molecule has 1 atom stereocenters. The number of ether oxygens (including phenoxy) is 2. The van der Waals surface area contributed by atoms with Gasteiger partial charge in [-0.2, -0.15) is 0 Å². The zero-order chi connectivity index (χ0) is 51.1. The number of benzene rings is 11. The van der Waals surface area contributed by atoms with Crippen molar-refractivity contribution in [2.75, 3.05) is 4.90 Å². The molecule has 366 valence electrons. The highest BCUT2D eigenvalue weighted by molar-refractivity contribution is 7.20. The van der Waals surface area contributed by atoms with Crippen molar-refractivity contribution in [3.8, 4) is 62.1 Å². The number of aromatic nitrogens is 1. The number of fused-ring (bicyclic) bond motifs is 19. The van der Waals surface area contributed by atoms with Gasteiger partial charge in [0.2, 0.25) is 0 Å². The van der Waals surface area contributed by atoms with Gasteiger partial charge in [-0.05, 0) is 146 Å². The number of hydrogen-bond donors (Lipinski definition) is 0. The zero-order valence-electron chi connectivity index (χ0n) is 42.2. The zero-order valence-corrected chi connectivity index (χ0v) is 43.0. The highest BCUT2D eigenvalue weighted by Crippen LogP contribution is 2.66. The predicted molar refractivity (Wildman–Crippen MR) is 321 cm³/mol. The van der Waals surface area contributed by atoms with Crippen molar-refractivity contribution in [1.82, 2.24) is 4.57 Å². The van der Waals surface area contributed by atoms with Gasteiger partial charge < -0.3 is 18.9 Å². The second-order valence-corrected chi connectivity index (χ2v) is 22.1. The molecular formula is C73H46N2O2S. The fraction of sp³-hybridized carbons (Fsp3) is 0.0411. The Kier molecular flexibility index (Phi) is 9.30. The maximum absolute atomic E-state index is 7.40. The first kappa shape index (κ1) is 43.5. The Morgan fingerprint density at radius 1 is 0.449 bits per heavy atom. The smallest absolute Gasteiger partial charge is 0.178 e. The van der Waals surface area contributed by atoms with Gasteiger partial charge in [0.05, 0.1) is 16.4 Å². The molecule has 78 heavy (non-hydrogen) atoms. The monoisotopic (exact) mass is 1010 g/mol. The maximum Gasteiger partial charge on any atom is 0.178 e. The Morgan fingerprint density at radius 3 is 1.81 bits per heavy atom. The average molecular weight is 1020 g/mol. The van der Waals surface area contributed by atoms with Crippen molar-refractivity contribution in [3.63, 3.8) is 0 Å². The van der Waals surface area contributed by atoms with Crippen molar-refractivity contribution in [2.45, 2.75) is 17.8 Å². The van der Waals surface area contributed by atoms with E-state index in [1.54, 1.807) is 0 Å². The van der Waals surface area contributed by atoms with E-state index in [1.807, 2.05) is 17.4 Å². The van der Waals surface area contributed by atoms with Gasteiger partial charge in [0, 0.05) is 60.1 Å². The first-order valence-electron chi connectivity index (χ1n) is 26.9. The Bertz CT molecular complexity index is 4590. The van der Waals surface area contributed by atoms with Crippen LogP contribution in [-0.2, 0) is 11.8 Å². The quantitative estimate of drug-likeness (QED) is 0.166. The third-order valence-electron chi connectivity index (χ3n) is 17.0. The summed E-state index contributed by atoms with van der Waals surface area (Å²) in [6, 6.07) is 90.8. The molecule has 0 amide bonds. The summed E-state index contributed by atoms with van der Waals surface area (Å²) in [5.74, 6) is 3.13. The van der Waals surface area contributed by atoms with E-state index < -0.39 is 5.41 Å². The molecule has 5 heteroatoms. The molecule has 0 saturated heterocycles. The second kappa shape index (κ2) is 16.7. The van der Waals surface area contributed by atoms with Crippen LogP contribution in [0.5, 0.6) is 23.0 Å². The molecule has 2 aromatic heterocycles. The molecule has 1 unspecified atom stereocenters. The number of rotatable bonds is 6. The largest absolute Gasteiger partial charge is 0.449 e. The number of hydrogen-bond acceptors (Lipinski definition) is 4. The standard InChI is InChI=1S/C73H46N2O2S/c1-7-27-60-53(20-1)54-21-2-8-28-61(54)73(60)62-29-9-3-25-58(62)70-63(73)39-40-67-72(70)77-71-52(26-15-32-66(71)76-67)47-16-13-17-49(42-47)74(48-37-34-45(35-38-48)46-36-41-69-59(43-46)57-24-6-12-33-68(57)78-69)50-18-14-19-51(44-50)75-64-30-10-4-22-55(64)56-23-5-11-31-65(56)75/h1-42,44,46H,43H2. The SMILES string of the molecule is C1=CC(c2ccc(N(c3cccc(-c4cccc5c4Oc4c(ccc6c4-c4ccccc4C64c6ccccc6-c6ccccc64)O5)c3)c3cccc(-n4c5ccccc5c5ccccc54)c3)cc2)Cc2c1sc1ccccc21. The van der Waals surface area contributed by atoms with Gasteiger partial charge in [-0.1, -0.05) is 182 Å². The molecule has 4 aliphatic rings. The van der Waals surface area contributed by atoms with Crippen molar-refractivity contribution in [1.29, 1.82) is 0 Å². The van der Waals surface area contributed by atoms with Crippen LogP contribution in [-0.4, -0.2) is 4.57 Å². The van der Waals surface area contributed by atoms with Gasteiger partial charge in [0.1, 0.15) is 0 Å².